The first kappa shape index (κ1) is 15.1. The number of hydrogen-bond donors (Lipinski definition) is 1. The van der Waals surface area contributed by atoms with Crippen LogP contribution in [0.5, 0.6) is 0 Å². The molecule has 1 aromatic heterocycles. The Morgan fingerprint density at radius 1 is 1.14 bits per heavy atom. The van der Waals surface area contributed by atoms with Crippen LogP contribution in [0.1, 0.15) is 10.4 Å². The van der Waals surface area contributed by atoms with Crippen LogP contribution in [0.25, 0.3) is 0 Å². The van der Waals surface area contributed by atoms with Crippen LogP contribution >= 0.6 is 0 Å². The second kappa shape index (κ2) is 6.93. The smallest absolute Gasteiger partial charge is 0.338 e. The van der Waals surface area contributed by atoms with Crippen molar-refractivity contribution in [1.82, 2.24) is 4.98 Å². The number of ether oxygens (including phenoxy) is 1. The molecule has 0 aliphatic heterocycles. The molecule has 0 saturated heterocycles. The van der Waals surface area contributed by atoms with E-state index in [9.17, 15) is 19.7 Å². The molecule has 0 bridgehead atoms. The highest BCUT2D eigenvalue weighted by molar-refractivity contribution is 5.95. The molecule has 0 aliphatic rings. The molecule has 1 N–H and O–H groups in total. The van der Waals surface area contributed by atoms with Crippen LogP contribution < -0.4 is 5.32 Å². The van der Waals surface area contributed by atoms with Gasteiger partial charge in [0.1, 0.15) is 0 Å². The number of rotatable bonds is 5. The van der Waals surface area contributed by atoms with Crippen molar-refractivity contribution in [1.29, 1.82) is 0 Å². The fourth-order valence-electron chi connectivity index (χ4n) is 1.57. The summed E-state index contributed by atoms with van der Waals surface area (Å²) in [7, 11) is 0. The third-order valence-corrected chi connectivity index (χ3v) is 2.61. The predicted molar refractivity (Wildman–Crippen MR) is 76.2 cm³/mol. The van der Waals surface area contributed by atoms with E-state index in [1.807, 2.05) is 0 Å². The molecule has 0 spiro atoms. The van der Waals surface area contributed by atoms with Gasteiger partial charge >= 0.3 is 5.97 Å². The molecule has 8 heteroatoms. The summed E-state index contributed by atoms with van der Waals surface area (Å²) in [6, 6.07) is 8.24. The minimum absolute atomic E-state index is 0.0814. The van der Waals surface area contributed by atoms with Crippen LogP contribution in [0.15, 0.2) is 48.8 Å². The molecule has 0 unspecified atom stereocenters. The summed E-state index contributed by atoms with van der Waals surface area (Å²) in [5, 5.41) is 13.0. The van der Waals surface area contributed by atoms with Crippen molar-refractivity contribution in [2.75, 3.05) is 11.9 Å². The molecule has 0 saturated carbocycles. The number of nitro benzene ring substituents is 1. The number of nitrogens with one attached hydrogen (secondary N) is 1. The highest BCUT2D eigenvalue weighted by atomic mass is 16.6. The molecule has 1 heterocycles. The Kier molecular flexibility index (Phi) is 4.76. The number of carbonyl (C=O) groups excluding carboxylic acids is 2. The quantitative estimate of drug-likeness (QED) is 0.512. The van der Waals surface area contributed by atoms with E-state index in [0.717, 1.165) is 0 Å². The number of nitro groups is 1. The molecule has 0 radical (unpaired) electrons. The number of nitrogens with zero attached hydrogens (tertiary/aromatic N) is 2. The second-order valence-electron chi connectivity index (χ2n) is 4.16. The van der Waals surface area contributed by atoms with E-state index in [2.05, 4.69) is 10.3 Å². The third kappa shape index (κ3) is 4.10. The summed E-state index contributed by atoms with van der Waals surface area (Å²) in [4.78, 5) is 37.0. The minimum atomic E-state index is -0.638. The van der Waals surface area contributed by atoms with Crippen molar-refractivity contribution >= 4 is 23.3 Å². The van der Waals surface area contributed by atoms with Gasteiger partial charge in [0.05, 0.1) is 10.5 Å². The van der Waals surface area contributed by atoms with Crippen LogP contribution in [-0.4, -0.2) is 28.4 Å². The normalized spacial score (nSPS) is 9.82. The average Bonchev–Trinajstić information content (AvgIpc) is 2.54. The van der Waals surface area contributed by atoms with Gasteiger partial charge in [-0.15, -0.1) is 0 Å². The van der Waals surface area contributed by atoms with Gasteiger partial charge in [-0.05, 0) is 24.3 Å². The van der Waals surface area contributed by atoms with E-state index in [1.165, 1.54) is 48.8 Å². The lowest BCUT2D eigenvalue weighted by atomic mass is 10.3. The van der Waals surface area contributed by atoms with Gasteiger partial charge in [-0.1, -0.05) is 0 Å². The van der Waals surface area contributed by atoms with Crippen LogP contribution in [-0.2, 0) is 9.53 Å². The number of anilines is 1. The molecule has 8 nitrogen and oxygen atoms in total. The Balaban J connectivity index is 1.85. The van der Waals surface area contributed by atoms with Crippen molar-refractivity contribution < 1.29 is 19.2 Å². The average molecular weight is 301 g/mol. The molecule has 0 atom stereocenters. The van der Waals surface area contributed by atoms with Crippen molar-refractivity contribution in [2.24, 2.45) is 0 Å². The van der Waals surface area contributed by atoms with E-state index in [-0.39, 0.29) is 11.3 Å². The Morgan fingerprint density at radius 3 is 2.36 bits per heavy atom. The van der Waals surface area contributed by atoms with E-state index < -0.39 is 23.4 Å². The predicted octanol–water partition coefficient (Wildman–Crippen LogP) is 1.79. The topological polar surface area (TPSA) is 111 Å². The number of pyridine rings is 1. The first-order valence-corrected chi connectivity index (χ1v) is 6.18. The van der Waals surface area contributed by atoms with Crippen LogP contribution in [0.3, 0.4) is 0 Å². The summed E-state index contributed by atoms with van der Waals surface area (Å²) in [6.07, 6.45) is 2.88. The van der Waals surface area contributed by atoms with Gasteiger partial charge in [-0.3, -0.25) is 19.9 Å². The molecule has 2 rings (SSSR count). The van der Waals surface area contributed by atoms with E-state index in [1.54, 1.807) is 0 Å². The molecule has 0 aliphatic carbocycles. The number of carbonyl (C=O) groups is 2. The van der Waals surface area contributed by atoms with Crippen molar-refractivity contribution in [3.05, 3.63) is 64.5 Å². The minimum Gasteiger partial charge on any atom is -0.452 e. The standard InChI is InChI=1S/C14H11N3O5/c18-13(9-22-14(19)10-5-7-15-8-6-10)16-11-1-3-12(4-2-11)17(20)21/h1-8H,9H2,(H,16,18). The first-order valence-electron chi connectivity index (χ1n) is 6.18. The number of amides is 1. The molecule has 1 aromatic carbocycles. The lowest BCUT2D eigenvalue weighted by molar-refractivity contribution is -0.384. The zero-order valence-corrected chi connectivity index (χ0v) is 11.3. The zero-order chi connectivity index (χ0) is 15.9. The molecular formula is C14H11N3O5. The van der Waals surface area contributed by atoms with Gasteiger partial charge in [0, 0.05) is 30.2 Å². The van der Waals surface area contributed by atoms with Gasteiger partial charge in [0.25, 0.3) is 11.6 Å². The van der Waals surface area contributed by atoms with Gasteiger partial charge in [0.15, 0.2) is 6.61 Å². The van der Waals surface area contributed by atoms with Crippen molar-refractivity contribution in [2.45, 2.75) is 0 Å². The Labute approximate surface area is 124 Å². The Bertz CT molecular complexity index is 685. The van der Waals surface area contributed by atoms with Crippen LogP contribution in [0, 0.1) is 10.1 Å². The van der Waals surface area contributed by atoms with Gasteiger partial charge in [0.2, 0.25) is 0 Å². The first-order chi connectivity index (χ1) is 10.6. The number of esters is 1. The highest BCUT2D eigenvalue weighted by Gasteiger charge is 2.10. The third-order valence-electron chi connectivity index (χ3n) is 2.61. The number of aromatic nitrogens is 1. The highest BCUT2D eigenvalue weighted by Crippen LogP contribution is 2.15. The second-order valence-corrected chi connectivity index (χ2v) is 4.16. The van der Waals surface area contributed by atoms with Crippen molar-refractivity contribution in [3.8, 4) is 0 Å². The molecule has 22 heavy (non-hydrogen) atoms. The number of benzene rings is 1. The molecular weight excluding hydrogens is 290 g/mol. The van der Waals surface area contributed by atoms with Gasteiger partial charge < -0.3 is 10.1 Å². The van der Waals surface area contributed by atoms with Gasteiger partial charge in [-0.2, -0.15) is 0 Å². The van der Waals surface area contributed by atoms with Crippen molar-refractivity contribution in [3.63, 3.8) is 0 Å². The Morgan fingerprint density at radius 2 is 1.77 bits per heavy atom. The van der Waals surface area contributed by atoms with Gasteiger partial charge in [-0.25, -0.2) is 4.79 Å². The monoisotopic (exact) mass is 301 g/mol. The SMILES string of the molecule is O=C(COC(=O)c1ccncc1)Nc1ccc([N+](=O)[O-])cc1. The summed E-state index contributed by atoms with van der Waals surface area (Å²) >= 11 is 0. The summed E-state index contributed by atoms with van der Waals surface area (Å²) < 4.78 is 4.84. The molecule has 2 aromatic rings. The zero-order valence-electron chi connectivity index (χ0n) is 11.3. The fourth-order valence-corrected chi connectivity index (χ4v) is 1.57. The molecule has 112 valence electrons. The maximum absolute atomic E-state index is 11.6. The van der Waals surface area contributed by atoms with Crippen LogP contribution in [0.2, 0.25) is 0 Å². The maximum atomic E-state index is 11.6. The summed E-state index contributed by atoms with van der Waals surface area (Å²) in [5.74, 6) is -1.18. The lowest BCUT2D eigenvalue weighted by Gasteiger charge is -2.06. The molecule has 1 amide bonds. The largest absolute Gasteiger partial charge is 0.452 e. The summed E-state index contributed by atoms with van der Waals surface area (Å²) in [6.45, 7) is -0.460. The fraction of sp³-hybridized carbons (Fsp3) is 0.0714. The molecule has 0 fully saturated rings. The lowest BCUT2D eigenvalue weighted by Crippen LogP contribution is -2.20. The number of non-ortho nitro benzene ring substituents is 1. The number of hydrogen-bond acceptors (Lipinski definition) is 6. The van der Waals surface area contributed by atoms with E-state index >= 15 is 0 Å². The van der Waals surface area contributed by atoms with E-state index in [0.29, 0.717) is 5.69 Å². The maximum Gasteiger partial charge on any atom is 0.338 e. The Hall–Kier alpha value is -3.29. The summed E-state index contributed by atoms with van der Waals surface area (Å²) in [5.41, 5.74) is 0.579. The van der Waals surface area contributed by atoms with E-state index in [4.69, 9.17) is 4.74 Å². The van der Waals surface area contributed by atoms with Crippen LogP contribution in [0.4, 0.5) is 11.4 Å².